The first kappa shape index (κ1) is 23.1. The van der Waals surface area contributed by atoms with Crippen molar-refractivity contribution in [3.05, 3.63) is 0 Å². The molecule has 0 saturated heterocycles. The first-order chi connectivity index (χ1) is 10.6. The first-order valence-electron chi connectivity index (χ1n) is 6.55. The van der Waals surface area contributed by atoms with Crippen molar-refractivity contribution in [1.82, 2.24) is 0 Å². The summed E-state index contributed by atoms with van der Waals surface area (Å²) in [6.07, 6.45) is 2.93. The molecule has 0 N–H and O–H groups in total. The molecular formula is C10H22O9S4. The van der Waals surface area contributed by atoms with Crippen LogP contribution in [0.4, 0.5) is 0 Å². The van der Waals surface area contributed by atoms with Gasteiger partial charge in [-0.1, -0.05) is 12.8 Å². The van der Waals surface area contributed by atoms with Crippen molar-refractivity contribution < 1.29 is 37.8 Å². The first-order valence-corrected chi connectivity index (χ1v) is 12.7. The zero-order chi connectivity index (χ0) is 17.9. The van der Waals surface area contributed by atoms with Crippen LogP contribution in [0.15, 0.2) is 0 Å². The molecule has 0 heterocycles. The molecule has 140 valence electrons. The Morgan fingerprint density at radius 3 is 1.61 bits per heavy atom. The SMILES string of the molecule is COS(=O)COS(=O)(=O)CCCCCCS(=O)(=O)OCS(C)=O. The molecule has 0 amide bonds. The Labute approximate surface area is 142 Å². The maximum atomic E-state index is 11.4. The fourth-order valence-corrected chi connectivity index (χ4v) is 4.81. The van der Waals surface area contributed by atoms with Crippen LogP contribution in [0, 0.1) is 0 Å². The fourth-order valence-electron chi connectivity index (χ4n) is 1.33. The molecule has 9 nitrogen and oxygen atoms in total. The highest BCUT2D eigenvalue weighted by Gasteiger charge is 2.14. The molecule has 13 heteroatoms. The molecule has 0 fully saturated rings. The number of rotatable bonds is 14. The topological polar surface area (TPSA) is 130 Å². The van der Waals surface area contributed by atoms with E-state index in [1.807, 2.05) is 0 Å². The highest BCUT2D eigenvalue weighted by Crippen LogP contribution is 2.07. The summed E-state index contributed by atoms with van der Waals surface area (Å²) in [7, 11) is -7.65. The molecule has 0 radical (unpaired) electrons. The number of hydrogen-bond donors (Lipinski definition) is 0. The lowest BCUT2D eigenvalue weighted by molar-refractivity contribution is 0.350. The molecule has 0 bridgehead atoms. The second-order valence-electron chi connectivity index (χ2n) is 4.45. The Kier molecular flexibility index (Phi) is 11.6. The van der Waals surface area contributed by atoms with Crippen LogP contribution in [0.5, 0.6) is 0 Å². The van der Waals surface area contributed by atoms with Gasteiger partial charge < -0.3 is 0 Å². The smallest absolute Gasteiger partial charge is 0.268 e. The third-order valence-electron chi connectivity index (χ3n) is 2.44. The molecule has 2 atom stereocenters. The van der Waals surface area contributed by atoms with Gasteiger partial charge in [0.2, 0.25) is 0 Å². The summed E-state index contributed by atoms with van der Waals surface area (Å²) in [6, 6.07) is 0. The molecule has 23 heavy (non-hydrogen) atoms. The van der Waals surface area contributed by atoms with E-state index in [0.717, 1.165) is 0 Å². The van der Waals surface area contributed by atoms with Crippen LogP contribution in [-0.2, 0) is 54.7 Å². The van der Waals surface area contributed by atoms with Crippen molar-refractivity contribution in [1.29, 1.82) is 0 Å². The van der Waals surface area contributed by atoms with E-state index in [1.165, 1.54) is 13.4 Å². The summed E-state index contributed by atoms with van der Waals surface area (Å²) in [6.45, 7) is 0. The summed E-state index contributed by atoms with van der Waals surface area (Å²) in [5, 5.41) is 0. The molecule has 0 rings (SSSR count). The molecule has 0 aliphatic heterocycles. The molecule has 0 spiro atoms. The lowest BCUT2D eigenvalue weighted by Crippen LogP contribution is -2.15. The normalized spacial score (nSPS) is 15.4. The van der Waals surface area contributed by atoms with Crippen LogP contribution in [-0.4, -0.2) is 62.0 Å². The van der Waals surface area contributed by atoms with Gasteiger partial charge in [0.25, 0.3) is 20.2 Å². The third kappa shape index (κ3) is 14.2. The second kappa shape index (κ2) is 11.6. The average Bonchev–Trinajstić information content (AvgIpc) is 2.46. The van der Waals surface area contributed by atoms with Crippen molar-refractivity contribution in [2.24, 2.45) is 0 Å². The van der Waals surface area contributed by atoms with E-state index in [-0.39, 0.29) is 17.4 Å². The summed E-state index contributed by atoms with van der Waals surface area (Å²) in [5.41, 5.74) is 0. The van der Waals surface area contributed by atoms with E-state index in [9.17, 15) is 25.3 Å². The quantitative estimate of drug-likeness (QED) is 0.281. The molecule has 0 aromatic carbocycles. The van der Waals surface area contributed by atoms with E-state index in [4.69, 9.17) is 0 Å². The van der Waals surface area contributed by atoms with Gasteiger partial charge in [0.05, 0.1) is 18.6 Å². The van der Waals surface area contributed by atoms with Gasteiger partial charge in [-0.05, 0) is 12.8 Å². The van der Waals surface area contributed by atoms with Crippen LogP contribution in [0.1, 0.15) is 25.7 Å². The van der Waals surface area contributed by atoms with Gasteiger partial charge in [-0.25, -0.2) is 4.21 Å². The molecule has 2 unspecified atom stereocenters. The summed E-state index contributed by atoms with van der Waals surface area (Å²) >= 11 is -1.80. The van der Waals surface area contributed by atoms with Crippen LogP contribution >= 0.6 is 0 Å². The molecule has 0 aliphatic rings. The van der Waals surface area contributed by atoms with Crippen molar-refractivity contribution in [2.75, 3.05) is 36.7 Å². The lowest BCUT2D eigenvalue weighted by atomic mass is 10.2. The highest BCUT2D eigenvalue weighted by atomic mass is 32.2. The maximum Gasteiger partial charge on any atom is 0.268 e. The van der Waals surface area contributed by atoms with Crippen LogP contribution < -0.4 is 0 Å². The van der Waals surface area contributed by atoms with E-state index >= 15 is 0 Å². The molecule has 0 saturated carbocycles. The van der Waals surface area contributed by atoms with Crippen molar-refractivity contribution in [3.63, 3.8) is 0 Å². The molecule has 0 aliphatic carbocycles. The maximum absolute atomic E-state index is 11.4. The largest absolute Gasteiger partial charge is 0.292 e. The standard InChI is InChI=1S/C10H22O9S4/c1-17-21(12)10-19-23(15,16)8-6-4-3-5-7-22(13,14)18-9-20(2)11/h3-10H2,1-2H3. The minimum Gasteiger partial charge on any atom is -0.292 e. The number of unbranched alkanes of at least 4 members (excludes halogenated alkanes) is 3. The van der Waals surface area contributed by atoms with E-state index < -0.39 is 48.1 Å². The average molecular weight is 415 g/mol. The minimum atomic E-state index is -3.77. The number of hydrogen-bond acceptors (Lipinski definition) is 9. The van der Waals surface area contributed by atoms with Crippen molar-refractivity contribution >= 4 is 42.1 Å². The van der Waals surface area contributed by atoms with Gasteiger partial charge in [0.15, 0.2) is 17.0 Å². The predicted molar refractivity (Wildman–Crippen MR) is 87.2 cm³/mol. The lowest BCUT2D eigenvalue weighted by Gasteiger charge is -2.05. The Hall–Kier alpha value is 0.0800. The van der Waals surface area contributed by atoms with Gasteiger partial charge in [-0.3, -0.25) is 16.8 Å². The summed E-state index contributed by atoms with van der Waals surface area (Å²) < 4.78 is 80.7. The highest BCUT2D eigenvalue weighted by molar-refractivity contribution is 7.88. The van der Waals surface area contributed by atoms with Crippen LogP contribution in [0.25, 0.3) is 0 Å². The molecule has 0 aromatic rings. The minimum absolute atomic E-state index is 0.208. The second-order valence-corrected chi connectivity index (χ2v) is 10.5. The van der Waals surface area contributed by atoms with Crippen LogP contribution in [0.2, 0.25) is 0 Å². The monoisotopic (exact) mass is 414 g/mol. The summed E-state index contributed by atoms with van der Waals surface area (Å²) in [4.78, 5) is 0. The van der Waals surface area contributed by atoms with Crippen molar-refractivity contribution in [2.45, 2.75) is 25.7 Å². The Balaban J connectivity index is 3.84. The van der Waals surface area contributed by atoms with Gasteiger partial charge in [-0.2, -0.15) is 16.8 Å². The fraction of sp³-hybridized carbons (Fsp3) is 1.00. The van der Waals surface area contributed by atoms with E-state index in [1.54, 1.807) is 0 Å². The van der Waals surface area contributed by atoms with Gasteiger partial charge >= 0.3 is 0 Å². The Morgan fingerprint density at radius 2 is 1.22 bits per heavy atom. The Morgan fingerprint density at radius 1 is 0.783 bits per heavy atom. The zero-order valence-electron chi connectivity index (χ0n) is 13.0. The van der Waals surface area contributed by atoms with Gasteiger partial charge in [-0.15, -0.1) is 0 Å². The molecular weight excluding hydrogens is 392 g/mol. The zero-order valence-corrected chi connectivity index (χ0v) is 16.2. The third-order valence-corrected chi connectivity index (χ3v) is 6.40. The van der Waals surface area contributed by atoms with E-state index in [0.29, 0.717) is 25.7 Å². The van der Waals surface area contributed by atoms with Gasteiger partial charge in [0.1, 0.15) is 5.94 Å². The predicted octanol–water partition coefficient (Wildman–Crippen LogP) is -0.157. The van der Waals surface area contributed by atoms with Crippen molar-refractivity contribution in [3.8, 4) is 0 Å². The summed E-state index contributed by atoms with van der Waals surface area (Å²) in [5.74, 6) is -1.36. The molecule has 0 aromatic heterocycles. The van der Waals surface area contributed by atoms with Gasteiger partial charge in [0, 0.05) is 17.1 Å². The van der Waals surface area contributed by atoms with Crippen LogP contribution in [0.3, 0.4) is 0 Å². The Bertz CT molecular complexity index is 581. The van der Waals surface area contributed by atoms with E-state index in [2.05, 4.69) is 12.5 Å².